The second-order valence-corrected chi connectivity index (χ2v) is 10.0. The van der Waals surface area contributed by atoms with E-state index in [2.05, 4.69) is 47.9 Å². The average molecular weight is 428 g/mol. The number of benzene rings is 1. The molecule has 3 aromatic rings. The van der Waals surface area contributed by atoms with E-state index in [0.717, 1.165) is 37.3 Å². The Kier molecular flexibility index (Phi) is 4.95. The summed E-state index contributed by atoms with van der Waals surface area (Å²) < 4.78 is 23.6. The first-order valence-corrected chi connectivity index (χ1v) is 12.0. The summed E-state index contributed by atoms with van der Waals surface area (Å²) in [5.41, 5.74) is 2.80. The van der Waals surface area contributed by atoms with Gasteiger partial charge in [0.05, 0.1) is 16.9 Å². The van der Waals surface area contributed by atoms with Crippen LogP contribution in [0.15, 0.2) is 36.5 Å². The minimum atomic E-state index is -2.96. The van der Waals surface area contributed by atoms with Crippen molar-refractivity contribution in [2.45, 2.75) is 12.5 Å². The summed E-state index contributed by atoms with van der Waals surface area (Å²) in [6.45, 7) is 4.01. The van der Waals surface area contributed by atoms with Crippen molar-refractivity contribution in [3.8, 4) is 0 Å². The van der Waals surface area contributed by atoms with Crippen molar-refractivity contribution in [2.24, 2.45) is 0 Å². The number of rotatable bonds is 5. The molecule has 30 heavy (non-hydrogen) atoms. The molecule has 1 atom stereocenters. The van der Waals surface area contributed by atoms with Gasteiger partial charge in [-0.1, -0.05) is 0 Å². The van der Waals surface area contributed by atoms with Crippen molar-refractivity contribution in [1.29, 1.82) is 0 Å². The molecule has 2 aliphatic rings. The number of sulfone groups is 1. The highest BCUT2D eigenvalue weighted by Crippen LogP contribution is 2.26. The van der Waals surface area contributed by atoms with Gasteiger partial charge in [-0.15, -0.1) is 0 Å². The zero-order valence-electron chi connectivity index (χ0n) is 16.6. The van der Waals surface area contributed by atoms with Crippen LogP contribution in [0, 0.1) is 0 Å². The molecule has 2 saturated heterocycles. The first kappa shape index (κ1) is 19.1. The largest absolute Gasteiger partial charge is 0.369 e. The minimum absolute atomic E-state index is 0.130. The average Bonchev–Trinajstić information content (AvgIpc) is 3.35. The van der Waals surface area contributed by atoms with E-state index >= 15 is 0 Å². The van der Waals surface area contributed by atoms with Gasteiger partial charge in [-0.3, -0.25) is 0 Å². The molecule has 4 heterocycles. The molecule has 10 heteroatoms. The molecule has 5 rings (SSSR count). The molecule has 4 N–H and O–H groups in total. The smallest absolute Gasteiger partial charge is 0.231 e. The molecule has 0 amide bonds. The van der Waals surface area contributed by atoms with Gasteiger partial charge in [0.2, 0.25) is 5.95 Å². The lowest BCUT2D eigenvalue weighted by Gasteiger charge is -2.29. The van der Waals surface area contributed by atoms with Gasteiger partial charge in [-0.05, 0) is 36.8 Å². The Bertz CT molecular complexity index is 1140. The highest BCUT2D eigenvalue weighted by molar-refractivity contribution is 7.91. The third-order valence-electron chi connectivity index (χ3n) is 5.59. The van der Waals surface area contributed by atoms with Crippen molar-refractivity contribution < 1.29 is 8.42 Å². The van der Waals surface area contributed by atoms with Crippen molar-refractivity contribution in [3.63, 3.8) is 0 Å². The standard InChI is InChI=1S/C20H25N7O2S/c28-30(29)12-6-15(13-30)23-19-17-5-7-22-18(17)25-20(26-19)24-14-1-3-16(4-2-14)27-10-8-21-9-11-27/h1-5,7,15,21H,6,8-13H2,(H3,22,23,24,25,26). The number of nitrogens with zero attached hydrogens (tertiary/aromatic N) is 3. The Morgan fingerprint density at radius 3 is 2.60 bits per heavy atom. The predicted octanol–water partition coefficient (Wildman–Crippen LogP) is 1.71. The number of fused-ring (bicyclic) bond motifs is 1. The number of aromatic nitrogens is 3. The highest BCUT2D eigenvalue weighted by atomic mass is 32.2. The van der Waals surface area contributed by atoms with Crippen molar-refractivity contribution in [3.05, 3.63) is 36.5 Å². The van der Waals surface area contributed by atoms with Gasteiger partial charge in [-0.25, -0.2) is 8.42 Å². The molecule has 0 spiro atoms. The van der Waals surface area contributed by atoms with Gasteiger partial charge in [0.1, 0.15) is 11.5 Å². The van der Waals surface area contributed by atoms with Crippen LogP contribution < -0.4 is 20.9 Å². The molecule has 158 valence electrons. The summed E-state index contributed by atoms with van der Waals surface area (Å²) in [4.78, 5) is 14.7. The molecule has 0 bridgehead atoms. The van der Waals surface area contributed by atoms with Gasteiger partial charge in [-0.2, -0.15) is 9.97 Å². The summed E-state index contributed by atoms with van der Waals surface area (Å²) in [7, 11) is -2.96. The van der Waals surface area contributed by atoms with Crippen LogP contribution in [0.25, 0.3) is 11.0 Å². The molecule has 1 aromatic carbocycles. The van der Waals surface area contributed by atoms with Crippen LogP contribution in [0.2, 0.25) is 0 Å². The van der Waals surface area contributed by atoms with Crippen molar-refractivity contribution in [1.82, 2.24) is 20.3 Å². The van der Waals surface area contributed by atoms with E-state index in [-0.39, 0.29) is 17.5 Å². The maximum Gasteiger partial charge on any atom is 0.231 e. The third-order valence-corrected chi connectivity index (χ3v) is 7.36. The fourth-order valence-electron chi connectivity index (χ4n) is 4.02. The van der Waals surface area contributed by atoms with Gasteiger partial charge < -0.3 is 25.8 Å². The van der Waals surface area contributed by atoms with Crippen LogP contribution in [0.3, 0.4) is 0 Å². The number of hydrogen-bond acceptors (Lipinski definition) is 8. The summed E-state index contributed by atoms with van der Waals surface area (Å²) in [6, 6.07) is 10.0. The summed E-state index contributed by atoms with van der Waals surface area (Å²) in [5, 5.41) is 10.8. The van der Waals surface area contributed by atoms with E-state index in [1.165, 1.54) is 5.69 Å². The maximum atomic E-state index is 11.8. The number of H-pyrrole nitrogens is 1. The zero-order valence-corrected chi connectivity index (χ0v) is 17.4. The quantitative estimate of drug-likeness (QED) is 0.487. The van der Waals surface area contributed by atoms with E-state index in [4.69, 9.17) is 0 Å². The number of hydrogen-bond donors (Lipinski definition) is 4. The van der Waals surface area contributed by atoms with Crippen LogP contribution in [0.1, 0.15) is 6.42 Å². The molecule has 0 radical (unpaired) electrons. The monoisotopic (exact) mass is 427 g/mol. The maximum absolute atomic E-state index is 11.8. The second kappa shape index (κ2) is 7.77. The van der Waals surface area contributed by atoms with E-state index in [1.807, 2.05) is 24.4 Å². The minimum Gasteiger partial charge on any atom is -0.369 e. The molecule has 1 unspecified atom stereocenters. The second-order valence-electron chi connectivity index (χ2n) is 7.79. The highest BCUT2D eigenvalue weighted by Gasteiger charge is 2.28. The van der Waals surface area contributed by atoms with Crippen LogP contribution in [-0.4, -0.2) is 67.1 Å². The Morgan fingerprint density at radius 1 is 1.07 bits per heavy atom. The van der Waals surface area contributed by atoms with E-state index in [9.17, 15) is 8.42 Å². The Balaban J connectivity index is 1.35. The van der Waals surface area contributed by atoms with Crippen molar-refractivity contribution >= 4 is 44.0 Å². The molecule has 9 nitrogen and oxygen atoms in total. The number of anilines is 4. The van der Waals surface area contributed by atoms with Gasteiger partial charge in [0.25, 0.3) is 0 Å². The molecular weight excluding hydrogens is 402 g/mol. The first-order chi connectivity index (χ1) is 14.6. The molecule has 2 fully saturated rings. The fourth-order valence-corrected chi connectivity index (χ4v) is 5.69. The lowest BCUT2D eigenvalue weighted by atomic mass is 10.2. The Labute approximate surface area is 175 Å². The lowest BCUT2D eigenvalue weighted by Crippen LogP contribution is -2.43. The van der Waals surface area contributed by atoms with Crippen LogP contribution in [-0.2, 0) is 9.84 Å². The SMILES string of the molecule is O=S1(=O)CCC(Nc2nc(Nc3ccc(N4CCNCC4)cc3)nc3[nH]ccc23)C1. The fraction of sp³-hybridized carbons (Fsp3) is 0.400. The topological polar surface area (TPSA) is 115 Å². The van der Waals surface area contributed by atoms with E-state index in [1.54, 1.807) is 0 Å². The summed E-state index contributed by atoms with van der Waals surface area (Å²) in [6.07, 6.45) is 2.40. The van der Waals surface area contributed by atoms with Crippen LogP contribution in [0.5, 0.6) is 0 Å². The van der Waals surface area contributed by atoms with Crippen LogP contribution in [0.4, 0.5) is 23.1 Å². The van der Waals surface area contributed by atoms with Gasteiger partial charge >= 0.3 is 0 Å². The first-order valence-electron chi connectivity index (χ1n) is 10.2. The number of nitrogens with one attached hydrogen (secondary N) is 4. The third kappa shape index (κ3) is 4.05. The normalized spacial score (nSPS) is 21.1. The molecule has 0 aliphatic carbocycles. The Morgan fingerprint density at radius 2 is 1.87 bits per heavy atom. The van der Waals surface area contributed by atoms with Crippen molar-refractivity contribution in [2.75, 3.05) is 53.2 Å². The summed E-state index contributed by atoms with van der Waals surface area (Å²) >= 11 is 0. The van der Waals surface area contributed by atoms with Crippen LogP contribution >= 0.6 is 0 Å². The van der Waals surface area contributed by atoms with E-state index < -0.39 is 9.84 Å². The van der Waals surface area contributed by atoms with E-state index in [0.29, 0.717) is 23.8 Å². The molecular formula is C20H25N7O2S. The predicted molar refractivity (Wildman–Crippen MR) is 119 cm³/mol. The van der Waals surface area contributed by atoms with Gasteiger partial charge in [0, 0.05) is 49.8 Å². The molecule has 0 saturated carbocycles. The van der Waals surface area contributed by atoms with Gasteiger partial charge in [0.15, 0.2) is 9.84 Å². The summed E-state index contributed by atoms with van der Waals surface area (Å²) in [5.74, 6) is 1.46. The lowest BCUT2D eigenvalue weighted by molar-refractivity contribution is 0.589. The number of aromatic amines is 1. The number of piperazine rings is 1. The Hall–Kier alpha value is -2.85. The molecule has 2 aliphatic heterocycles. The zero-order chi connectivity index (χ0) is 20.6. The molecule has 2 aromatic heterocycles.